The molecular formula is C23H20N2O3S. The summed E-state index contributed by atoms with van der Waals surface area (Å²) < 4.78 is 33.9. The molecule has 1 heterocycles. The Bertz CT molecular complexity index is 1190. The van der Waals surface area contributed by atoms with Gasteiger partial charge < -0.3 is 4.42 Å². The molecule has 0 bridgehead atoms. The van der Waals surface area contributed by atoms with E-state index in [0.717, 1.165) is 11.1 Å². The number of nitrogens with zero attached hydrogens (tertiary/aromatic N) is 1. The lowest BCUT2D eigenvalue weighted by atomic mass is 10.1. The smallest absolute Gasteiger partial charge is 0.241 e. The molecule has 0 aliphatic rings. The van der Waals surface area contributed by atoms with E-state index in [9.17, 15) is 8.42 Å². The van der Waals surface area contributed by atoms with Crippen LogP contribution in [-0.4, -0.2) is 13.4 Å². The lowest BCUT2D eigenvalue weighted by molar-refractivity contribution is 0.566. The predicted molar refractivity (Wildman–Crippen MR) is 113 cm³/mol. The van der Waals surface area contributed by atoms with E-state index in [1.54, 1.807) is 30.5 Å². The van der Waals surface area contributed by atoms with Crippen LogP contribution in [0, 0.1) is 0 Å². The van der Waals surface area contributed by atoms with Gasteiger partial charge in [-0.3, -0.25) is 0 Å². The normalized spacial score (nSPS) is 12.6. The molecule has 0 saturated heterocycles. The fourth-order valence-corrected chi connectivity index (χ4v) is 4.26. The average molecular weight is 404 g/mol. The summed E-state index contributed by atoms with van der Waals surface area (Å²) in [6.45, 7) is 1.82. The van der Waals surface area contributed by atoms with Gasteiger partial charge in [-0.2, -0.15) is 0 Å². The van der Waals surface area contributed by atoms with Gasteiger partial charge in [-0.15, -0.1) is 0 Å². The standard InChI is InChI=1S/C23H20N2O3S/c1-17(18-8-4-2-5-9-18)25-29(26,27)21-14-12-20(13-15-21)23-24-16-22(28-23)19-10-6-3-7-11-19/h2-17,25H,1H3. The third-order valence-corrected chi connectivity index (χ3v) is 6.16. The van der Waals surface area contributed by atoms with E-state index >= 15 is 0 Å². The molecule has 0 fully saturated rings. The summed E-state index contributed by atoms with van der Waals surface area (Å²) in [5.74, 6) is 1.11. The van der Waals surface area contributed by atoms with Crippen molar-refractivity contribution in [3.8, 4) is 22.8 Å². The number of nitrogens with one attached hydrogen (secondary N) is 1. The highest BCUT2D eigenvalue weighted by Crippen LogP contribution is 2.27. The number of sulfonamides is 1. The van der Waals surface area contributed by atoms with Crippen molar-refractivity contribution in [2.75, 3.05) is 0 Å². The van der Waals surface area contributed by atoms with Gasteiger partial charge in [-0.05, 0) is 36.8 Å². The summed E-state index contributed by atoms with van der Waals surface area (Å²) in [5.41, 5.74) is 2.55. The number of aromatic nitrogens is 1. The van der Waals surface area contributed by atoms with Crippen LogP contribution in [0.3, 0.4) is 0 Å². The van der Waals surface area contributed by atoms with Gasteiger partial charge in [0.05, 0.1) is 11.1 Å². The minimum absolute atomic E-state index is 0.193. The SMILES string of the molecule is CC(NS(=O)(=O)c1ccc(-c2ncc(-c3ccccc3)o2)cc1)c1ccccc1. The fourth-order valence-electron chi connectivity index (χ4n) is 3.03. The molecule has 0 aliphatic carbocycles. The maximum Gasteiger partial charge on any atom is 0.241 e. The molecule has 5 nitrogen and oxygen atoms in total. The van der Waals surface area contributed by atoms with E-state index in [1.165, 1.54) is 0 Å². The zero-order valence-electron chi connectivity index (χ0n) is 15.8. The highest BCUT2D eigenvalue weighted by atomic mass is 32.2. The Balaban J connectivity index is 1.52. The molecule has 6 heteroatoms. The van der Waals surface area contributed by atoms with Gasteiger partial charge in [0.25, 0.3) is 0 Å². The Hall–Kier alpha value is -3.22. The Morgan fingerprint density at radius 3 is 2.10 bits per heavy atom. The molecule has 1 atom stereocenters. The minimum atomic E-state index is -3.65. The molecule has 1 aromatic heterocycles. The summed E-state index contributed by atoms with van der Waals surface area (Å²) in [6.07, 6.45) is 1.67. The second-order valence-corrected chi connectivity index (χ2v) is 8.39. The fraction of sp³-hybridized carbons (Fsp3) is 0.0870. The average Bonchev–Trinajstić information content (AvgIpc) is 3.25. The van der Waals surface area contributed by atoms with Crippen molar-refractivity contribution in [2.45, 2.75) is 17.9 Å². The predicted octanol–water partition coefficient (Wildman–Crippen LogP) is 5.05. The van der Waals surface area contributed by atoms with Crippen molar-refractivity contribution >= 4 is 10.0 Å². The van der Waals surface area contributed by atoms with Crippen molar-refractivity contribution in [3.63, 3.8) is 0 Å². The minimum Gasteiger partial charge on any atom is -0.436 e. The molecular weight excluding hydrogens is 384 g/mol. The third kappa shape index (κ3) is 4.29. The first-order valence-electron chi connectivity index (χ1n) is 9.22. The van der Waals surface area contributed by atoms with Crippen LogP contribution < -0.4 is 4.72 Å². The second kappa shape index (κ2) is 8.03. The number of benzene rings is 3. The molecule has 1 N–H and O–H groups in total. The molecule has 1 unspecified atom stereocenters. The summed E-state index contributed by atoms with van der Waals surface area (Å²) in [6, 6.07) is 25.3. The van der Waals surface area contributed by atoms with Crippen LogP contribution in [0.25, 0.3) is 22.8 Å². The van der Waals surface area contributed by atoms with Crippen molar-refractivity contribution in [1.82, 2.24) is 9.71 Å². The van der Waals surface area contributed by atoms with Gasteiger partial charge in [0.2, 0.25) is 15.9 Å². The Labute approximate surface area is 170 Å². The Kier molecular flexibility index (Phi) is 5.29. The highest BCUT2D eigenvalue weighted by molar-refractivity contribution is 7.89. The zero-order chi connectivity index (χ0) is 20.3. The molecule has 29 heavy (non-hydrogen) atoms. The quantitative estimate of drug-likeness (QED) is 0.488. The third-order valence-electron chi connectivity index (χ3n) is 4.61. The lowest BCUT2D eigenvalue weighted by Gasteiger charge is -2.14. The van der Waals surface area contributed by atoms with Crippen LogP contribution in [0.4, 0.5) is 0 Å². The van der Waals surface area contributed by atoms with E-state index < -0.39 is 10.0 Å². The molecule has 4 rings (SSSR count). The van der Waals surface area contributed by atoms with Crippen molar-refractivity contribution in [3.05, 3.63) is 96.7 Å². The van der Waals surface area contributed by atoms with E-state index in [-0.39, 0.29) is 10.9 Å². The van der Waals surface area contributed by atoms with Gasteiger partial charge in [-0.25, -0.2) is 18.1 Å². The lowest BCUT2D eigenvalue weighted by Crippen LogP contribution is -2.26. The van der Waals surface area contributed by atoms with E-state index in [1.807, 2.05) is 67.6 Å². The molecule has 0 aliphatic heterocycles. The first-order valence-corrected chi connectivity index (χ1v) is 10.7. The Morgan fingerprint density at radius 2 is 1.45 bits per heavy atom. The second-order valence-electron chi connectivity index (χ2n) is 6.67. The highest BCUT2D eigenvalue weighted by Gasteiger charge is 2.19. The maximum absolute atomic E-state index is 12.7. The Morgan fingerprint density at radius 1 is 0.828 bits per heavy atom. The van der Waals surface area contributed by atoms with E-state index in [2.05, 4.69) is 9.71 Å². The summed E-state index contributed by atoms with van der Waals surface area (Å²) in [5, 5.41) is 0. The molecule has 3 aromatic carbocycles. The van der Waals surface area contributed by atoms with Crippen LogP contribution >= 0.6 is 0 Å². The van der Waals surface area contributed by atoms with Crippen molar-refractivity contribution in [1.29, 1.82) is 0 Å². The molecule has 0 spiro atoms. The summed E-state index contributed by atoms with van der Waals surface area (Å²) in [4.78, 5) is 4.50. The van der Waals surface area contributed by atoms with Crippen molar-refractivity contribution < 1.29 is 12.8 Å². The van der Waals surface area contributed by atoms with Crippen LogP contribution in [-0.2, 0) is 10.0 Å². The number of oxazole rings is 1. The number of hydrogen-bond acceptors (Lipinski definition) is 4. The molecule has 146 valence electrons. The first kappa shape index (κ1) is 19.1. The number of hydrogen-bond donors (Lipinski definition) is 1. The maximum atomic E-state index is 12.7. The molecule has 4 aromatic rings. The van der Waals surface area contributed by atoms with Gasteiger partial charge >= 0.3 is 0 Å². The van der Waals surface area contributed by atoms with Gasteiger partial charge in [0.15, 0.2) is 5.76 Å². The van der Waals surface area contributed by atoms with Crippen LogP contribution in [0.5, 0.6) is 0 Å². The van der Waals surface area contributed by atoms with E-state index in [0.29, 0.717) is 17.2 Å². The van der Waals surface area contributed by atoms with Gasteiger partial charge in [0, 0.05) is 17.2 Å². The monoisotopic (exact) mass is 404 g/mol. The summed E-state index contributed by atoms with van der Waals surface area (Å²) in [7, 11) is -3.65. The van der Waals surface area contributed by atoms with Gasteiger partial charge in [-0.1, -0.05) is 60.7 Å². The van der Waals surface area contributed by atoms with Crippen LogP contribution in [0.15, 0.2) is 100 Å². The molecule has 0 amide bonds. The number of rotatable bonds is 6. The van der Waals surface area contributed by atoms with Crippen molar-refractivity contribution in [2.24, 2.45) is 0 Å². The molecule has 0 saturated carbocycles. The van der Waals surface area contributed by atoms with Crippen LogP contribution in [0.1, 0.15) is 18.5 Å². The van der Waals surface area contributed by atoms with E-state index in [4.69, 9.17) is 4.42 Å². The van der Waals surface area contributed by atoms with Gasteiger partial charge in [0.1, 0.15) is 0 Å². The zero-order valence-corrected chi connectivity index (χ0v) is 16.6. The first-order chi connectivity index (χ1) is 14.0. The van der Waals surface area contributed by atoms with Crippen LogP contribution in [0.2, 0.25) is 0 Å². The summed E-state index contributed by atoms with van der Waals surface area (Å²) >= 11 is 0. The largest absolute Gasteiger partial charge is 0.436 e. The topological polar surface area (TPSA) is 72.2 Å². The molecule has 0 radical (unpaired) electrons.